The predicted molar refractivity (Wildman–Crippen MR) is 52.2 cm³/mol. The number of hydrogen-bond donors (Lipinski definition) is 1. The lowest BCUT2D eigenvalue weighted by molar-refractivity contribution is 0.464. The first kappa shape index (κ1) is 7.83. The standard InChI is InChI=1S/C6H6BrClN2S/c7-3-4-5(8)9-6-10(4)1-2-11-6/h1-2,6,9H,3H2. The highest BCUT2D eigenvalue weighted by Gasteiger charge is 2.30. The van der Waals surface area contributed by atoms with Crippen molar-refractivity contribution in [1.29, 1.82) is 0 Å². The topological polar surface area (TPSA) is 15.3 Å². The van der Waals surface area contributed by atoms with Crippen LogP contribution in [0, 0.1) is 0 Å². The van der Waals surface area contributed by atoms with Crippen molar-refractivity contribution in [3.8, 4) is 0 Å². The number of halogens is 2. The van der Waals surface area contributed by atoms with Crippen LogP contribution < -0.4 is 5.32 Å². The molecule has 60 valence electrons. The second-order valence-corrected chi connectivity index (χ2v) is 4.15. The van der Waals surface area contributed by atoms with Gasteiger partial charge in [-0.25, -0.2) is 0 Å². The average molecular weight is 254 g/mol. The van der Waals surface area contributed by atoms with Crippen molar-refractivity contribution in [2.45, 2.75) is 5.50 Å². The van der Waals surface area contributed by atoms with Crippen molar-refractivity contribution in [2.24, 2.45) is 0 Å². The Kier molecular flexibility index (Phi) is 2.08. The van der Waals surface area contributed by atoms with E-state index in [1.165, 1.54) is 0 Å². The molecule has 0 radical (unpaired) electrons. The number of fused-ring (bicyclic) bond motifs is 1. The van der Waals surface area contributed by atoms with Gasteiger partial charge in [0.2, 0.25) is 0 Å². The van der Waals surface area contributed by atoms with Crippen molar-refractivity contribution in [2.75, 3.05) is 5.33 Å². The Bertz CT molecular complexity index is 241. The first-order valence-electron chi connectivity index (χ1n) is 3.14. The van der Waals surface area contributed by atoms with E-state index in [1.807, 2.05) is 6.20 Å². The second-order valence-electron chi connectivity index (χ2n) is 2.22. The summed E-state index contributed by atoms with van der Waals surface area (Å²) in [6.07, 6.45) is 2.04. The van der Waals surface area contributed by atoms with Gasteiger partial charge in [0.1, 0.15) is 5.16 Å². The normalized spacial score (nSPS) is 27.8. The fraction of sp³-hybridized carbons (Fsp3) is 0.333. The maximum Gasteiger partial charge on any atom is 0.156 e. The van der Waals surface area contributed by atoms with E-state index in [1.54, 1.807) is 11.8 Å². The molecule has 2 aliphatic heterocycles. The minimum absolute atomic E-state index is 0.287. The molecule has 5 heteroatoms. The average Bonchev–Trinajstić information content (AvgIpc) is 2.46. The van der Waals surface area contributed by atoms with Crippen molar-refractivity contribution >= 4 is 39.3 Å². The largest absolute Gasteiger partial charge is 0.345 e. The lowest BCUT2D eigenvalue weighted by atomic mass is 10.5. The molecule has 0 saturated heterocycles. The molecule has 0 saturated carbocycles. The first-order chi connectivity index (χ1) is 5.33. The van der Waals surface area contributed by atoms with Crippen LogP contribution in [0.1, 0.15) is 0 Å². The van der Waals surface area contributed by atoms with Crippen LogP contribution in [0.5, 0.6) is 0 Å². The molecule has 1 atom stereocenters. The third-order valence-corrected chi connectivity index (χ3v) is 3.36. The molecule has 1 N–H and O–H groups in total. The lowest BCUT2D eigenvalue weighted by Crippen LogP contribution is -2.26. The maximum absolute atomic E-state index is 5.93. The van der Waals surface area contributed by atoms with Gasteiger partial charge in [0.25, 0.3) is 0 Å². The zero-order valence-electron chi connectivity index (χ0n) is 5.55. The van der Waals surface area contributed by atoms with Gasteiger partial charge in [-0.1, -0.05) is 39.3 Å². The minimum atomic E-state index is 0.287. The van der Waals surface area contributed by atoms with E-state index in [4.69, 9.17) is 11.6 Å². The van der Waals surface area contributed by atoms with Crippen molar-refractivity contribution in [3.63, 3.8) is 0 Å². The molecule has 2 rings (SSSR count). The van der Waals surface area contributed by atoms with Crippen LogP contribution in [-0.4, -0.2) is 15.7 Å². The summed E-state index contributed by atoms with van der Waals surface area (Å²) in [5.74, 6) is 0. The van der Waals surface area contributed by atoms with Gasteiger partial charge in [-0.05, 0) is 5.41 Å². The van der Waals surface area contributed by atoms with E-state index in [-0.39, 0.29) is 5.50 Å². The van der Waals surface area contributed by atoms with Crippen LogP contribution in [0.2, 0.25) is 0 Å². The predicted octanol–water partition coefficient (Wildman–Crippen LogP) is 2.20. The maximum atomic E-state index is 5.93. The summed E-state index contributed by atoms with van der Waals surface area (Å²) in [5.41, 5.74) is 1.40. The van der Waals surface area contributed by atoms with Crippen LogP contribution in [0.25, 0.3) is 0 Å². The van der Waals surface area contributed by atoms with E-state index < -0.39 is 0 Å². The molecule has 0 bridgehead atoms. The third kappa shape index (κ3) is 1.17. The van der Waals surface area contributed by atoms with E-state index >= 15 is 0 Å². The number of nitrogens with zero attached hydrogens (tertiary/aromatic N) is 1. The van der Waals surface area contributed by atoms with Gasteiger partial charge in [0.05, 0.1) is 5.70 Å². The van der Waals surface area contributed by atoms with Gasteiger partial charge < -0.3 is 10.2 Å². The van der Waals surface area contributed by atoms with Gasteiger partial charge in [0, 0.05) is 11.5 Å². The molecule has 1 unspecified atom stereocenters. The molecule has 0 aromatic carbocycles. The zero-order valence-corrected chi connectivity index (χ0v) is 8.71. The zero-order chi connectivity index (χ0) is 7.84. The van der Waals surface area contributed by atoms with E-state index in [0.29, 0.717) is 0 Å². The molecule has 2 nitrogen and oxygen atoms in total. The summed E-state index contributed by atoms with van der Waals surface area (Å²) in [6.45, 7) is 0. The molecule has 0 aliphatic carbocycles. The number of alkyl halides is 1. The van der Waals surface area contributed by atoms with Crippen LogP contribution >= 0.6 is 39.3 Å². The van der Waals surface area contributed by atoms with Gasteiger partial charge in [-0.2, -0.15) is 0 Å². The summed E-state index contributed by atoms with van der Waals surface area (Å²) in [5, 5.41) is 6.76. The van der Waals surface area contributed by atoms with E-state index in [0.717, 1.165) is 16.2 Å². The summed E-state index contributed by atoms with van der Waals surface area (Å²) in [6, 6.07) is 0. The van der Waals surface area contributed by atoms with Crippen LogP contribution in [0.3, 0.4) is 0 Å². The van der Waals surface area contributed by atoms with Crippen molar-refractivity contribution in [3.05, 3.63) is 22.5 Å². The summed E-state index contributed by atoms with van der Waals surface area (Å²) in [4.78, 5) is 2.13. The molecule has 11 heavy (non-hydrogen) atoms. The number of thioether (sulfide) groups is 1. The monoisotopic (exact) mass is 252 g/mol. The highest BCUT2D eigenvalue weighted by molar-refractivity contribution is 9.09. The van der Waals surface area contributed by atoms with Crippen molar-refractivity contribution < 1.29 is 0 Å². The fourth-order valence-corrected chi connectivity index (χ4v) is 3.02. The van der Waals surface area contributed by atoms with Crippen molar-refractivity contribution in [1.82, 2.24) is 10.2 Å². The van der Waals surface area contributed by atoms with Gasteiger partial charge in [0.15, 0.2) is 5.50 Å². The lowest BCUT2D eigenvalue weighted by Gasteiger charge is -2.16. The Labute approximate surface area is 82.8 Å². The molecule has 0 aromatic rings. The smallest absolute Gasteiger partial charge is 0.156 e. The SMILES string of the molecule is ClC1=C(CBr)N2C=CSC2N1. The third-order valence-electron chi connectivity index (χ3n) is 1.62. The summed E-state index contributed by atoms with van der Waals surface area (Å²) < 4.78 is 0. The Balaban J connectivity index is 2.26. The van der Waals surface area contributed by atoms with Gasteiger partial charge in [-0.3, -0.25) is 0 Å². The first-order valence-corrected chi connectivity index (χ1v) is 5.59. The summed E-state index contributed by atoms with van der Waals surface area (Å²) >= 11 is 11.0. The van der Waals surface area contributed by atoms with Gasteiger partial charge >= 0.3 is 0 Å². The molecular weight excluding hydrogens is 248 g/mol. The van der Waals surface area contributed by atoms with Crippen LogP contribution in [-0.2, 0) is 0 Å². The molecule has 0 amide bonds. The Morgan fingerprint density at radius 2 is 2.64 bits per heavy atom. The van der Waals surface area contributed by atoms with E-state index in [2.05, 4.69) is 31.6 Å². The quantitative estimate of drug-likeness (QED) is 0.570. The molecular formula is C6H6BrClN2S. The number of hydrogen-bond acceptors (Lipinski definition) is 3. The Morgan fingerprint density at radius 3 is 3.36 bits per heavy atom. The highest BCUT2D eigenvalue weighted by Crippen LogP contribution is 2.35. The fourth-order valence-electron chi connectivity index (χ4n) is 1.09. The Morgan fingerprint density at radius 1 is 1.82 bits per heavy atom. The summed E-state index contributed by atoms with van der Waals surface area (Å²) in [7, 11) is 0. The molecule has 2 heterocycles. The highest BCUT2D eigenvalue weighted by atomic mass is 79.9. The number of rotatable bonds is 1. The second kappa shape index (κ2) is 2.92. The number of nitrogens with one attached hydrogen (secondary N) is 1. The molecule has 0 spiro atoms. The van der Waals surface area contributed by atoms with E-state index in [9.17, 15) is 0 Å². The molecule has 0 fully saturated rings. The molecule has 0 aromatic heterocycles. The van der Waals surface area contributed by atoms with Crippen LogP contribution in [0.15, 0.2) is 22.5 Å². The minimum Gasteiger partial charge on any atom is -0.345 e. The Hall–Kier alpha value is 0.200. The molecule has 2 aliphatic rings. The van der Waals surface area contributed by atoms with Gasteiger partial charge in [-0.15, -0.1) is 0 Å². The van der Waals surface area contributed by atoms with Crippen LogP contribution in [0.4, 0.5) is 0 Å². The number of allylic oxidation sites excluding steroid dienone is 1.